The Morgan fingerprint density at radius 3 is 2.21 bits per heavy atom. The Balaban J connectivity index is 1.54. The number of halogens is 3. The van der Waals surface area contributed by atoms with Gasteiger partial charge in [-0.2, -0.15) is 13.2 Å². The fourth-order valence-corrected chi connectivity index (χ4v) is 5.68. The van der Waals surface area contributed by atoms with Crippen LogP contribution in [0.2, 0.25) is 0 Å². The lowest BCUT2D eigenvalue weighted by molar-refractivity contribution is -0.137. The highest BCUT2D eigenvalue weighted by atomic mass is 32.2. The molecule has 1 aliphatic carbocycles. The first-order valence-electron chi connectivity index (χ1n) is 11.4. The van der Waals surface area contributed by atoms with Crippen molar-refractivity contribution < 1.29 is 23.1 Å². The minimum Gasteiger partial charge on any atom is -0.478 e. The van der Waals surface area contributed by atoms with Crippen molar-refractivity contribution in [2.75, 3.05) is 0 Å². The maximum Gasteiger partial charge on any atom is 0.416 e. The highest BCUT2D eigenvalue weighted by Crippen LogP contribution is 2.43. The molecule has 0 bridgehead atoms. The summed E-state index contributed by atoms with van der Waals surface area (Å²) >= 11 is 1.70. The summed E-state index contributed by atoms with van der Waals surface area (Å²) in [4.78, 5) is 16.7. The molecule has 2 aromatic carbocycles. The zero-order chi connectivity index (χ0) is 24.1. The molecule has 34 heavy (non-hydrogen) atoms. The van der Waals surface area contributed by atoms with E-state index >= 15 is 0 Å². The number of hydrogen-bond donors (Lipinski definition) is 1. The van der Waals surface area contributed by atoms with Gasteiger partial charge in [0.2, 0.25) is 0 Å². The van der Waals surface area contributed by atoms with Gasteiger partial charge in [0, 0.05) is 21.9 Å². The Bertz CT molecular complexity index is 1090. The van der Waals surface area contributed by atoms with Crippen LogP contribution in [0.4, 0.5) is 13.2 Å². The van der Waals surface area contributed by atoms with Gasteiger partial charge in [0.1, 0.15) is 0 Å². The number of nitrogens with zero attached hydrogens (tertiary/aromatic N) is 1. The lowest BCUT2D eigenvalue weighted by Gasteiger charge is -2.26. The molecular formula is C27H26F3NO2S. The summed E-state index contributed by atoms with van der Waals surface area (Å²) in [6, 6.07) is 15.8. The number of carboxylic acids is 1. The third kappa shape index (κ3) is 6.20. The number of alkyl halides is 3. The van der Waals surface area contributed by atoms with Crippen LogP contribution in [-0.2, 0) is 6.18 Å². The monoisotopic (exact) mass is 485 g/mol. The fourth-order valence-electron chi connectivity index (χ4n) is 4.41. The van der Waals surface area contributed by atoms with Crippen molar-refractivity contribution in [3.8, 4) is 11.3 Å². The van der Waals surface area contributed by atoms with Gasteiger partial charge in [0.15, 0.2) is 0 Å². The quantitative estimate of drug-likeness (QED) is 0.342. The van der Waals surface area contributed by atoms with E-state index in [4.69, 9.17) is 5.11 Å². The lowest BCUT2D eigenvalue weighted by atomic mass is 9.85. The second-order valence-electron chi connectivity index (χ2n) is 8.73. The molecule has 4 rings (SSSR count). The molecule has 1 saturated carbocycles. The zero-order valence-corrected chi connectivity index (χ0v) is 19.4. The molecule has 178 valence electrons. The van der Waals surface area contributed by atoms with E-state index in [9.17, 15) is 18.0 Å². The molecule has 1 N–H and O–H groups in total. The first-order chi connectivity index (χ1) is 16.3. The molecule has 0 unspecified atom stereocenters. The number of thioether (sulfide) groups is 1. The number of benzene rings is 2. The molecule has 1 heterocycles. The predicted octanol–water partition coefficient (Wildman–Crippen LogP) is 8.27. The van der Waals surface area contributed by atoms with E-state index in [2.05, 4.69) is 4.98 Å². The van der Waals surface area contributed by atoms with E-state index in [1.807, 2.05) is 30.5 Å². The molecule has 0 radical (unpaired) electrons. The van der Waals surface area contributed by atoms with Gasteiger partial charge >= 0.3 is 12.1 Å². The van der Waals surface area contributed by atoms with Gasteiger partial charge < -0.3 is 5.11 Å². The largest absolute Gasteiger partial charge is 0.478 e. The van der Waals surface area contributed by atoms with Gasteiger partial charge in [0.25, 0.3) is 0 Å². The van der Waals surface area contributed by atoms with Crippen LogP contribution in [-0.4, -0.2) is 16.1 Å². The number of carboxylic acid groups (broad SMARTS) is 1. The van der Waals surface area contributed by atoms with Gasteiger partial charge in [-0.15, -0.1) is 11.8 Å². The highest BCUT2D eigenvalue weighted by molar-refractivity contribution is 7.99. The third-order valence-corrected chi connectivity index (χ3v) is 7.61. The van der Waals surface area contributed by atoms with Crippen molar-refractivity contribution in [1.82, 2.24) is 4.98 Å². The minimum atomic E-state index is -4.36. The normalized spacial score (nSPS) is 15.7. The SMILES string of the molecule is O=C(O)c1ccc(S[C@H](CC2CCCCC2)c2ccc(-c3ccc(C(F)(F)F)cc3)nc2)cc1. The summed E-state index contributed by atoms with van der Waals surface area (Å²) in [5, 5.41) is 9.32. The van der Waals surface area contributed by atoms with Crippen LogP contribution in [0.5, 0.6) is 0 Å². The summed E-state index contributed by atoms with van der Waals surface area (Å²) in [6.45, 7) is 0. The molecule has 3 nitrogen and oxygen atoms in total. The van der Waals surface area contributed by atoms with Crippen LogP contribution in [0.1, 0.15) is 65.3 Å². The Morgan fingerprint density at radius 1 is 0.971 bits per heavy atom. The Labute approximate surface area is 201 Å². The number of rotatable bonds is 7. The molecule has 0 aliphatic heterocycles. The summed E-state index contributed by atoms with van der Waals surface area (Å²) in [5.41, 5.74) is 1.92. The minimum absolute atomic E-state index is 0.160. The molecule has 1 fully saturated rings. The molecule has 1 aromatic heterocycles. The summed E-state index contributed by atoms with van der Waals surface area (Å²) < 4.78 is 38.5. The predicted molar refractivity (Wildman–Crippen MR) is 128 cm³/mol. The number of carbonyl (C=O) groups is 1. The molecule has 3 aromatic rings. The van der Waals surface area contributed by atoms with Crippen molar-refractivity contribution in [1.29, 1.82) is 0 Å². The van der Waals surface area contributed by atoms with E-state index in [0.29, 0.717) is 17.2 Å². The maximum atomic E-state index is 12.8. The van der Waals surface area contributed by atoms with Gasteiger partial charge in [-0.25, -0.2) is 4.79 Å². The van der Waals surface area contributed by atoms with Gasteiger partial charge in [-0.3, -0.25) is 4.98 Å². The molecule has 1 aliphatic rings. The number of hydrogen-bond acceptors (Lipinski definition) is 3. The van der Waals surface area contributed by atoms with Crippen molar-refractivity contribution in [3.63, 3.8) is 0 Å². The van der Waals surface area contributed by atoms with Crippen LogP contribution in [0.3, 0.4) is 0 Å². The van der Waals surface area contributed by atoms with E-state index in [0.717, 1.165) is 29.0 Å². The van der Waals surface area contributed by atoms with Crippen molar-refractivity contribution in [2.45, 2.75) is 54.8 Å². The van der Waals surface area contributed by atoms with Crippen molar-refractivity contribution >= 4 is 17.7 Å². The number of pyridine rings is 1. The van der Waals surface area contributed by atoms with Crippen LogP contribution in [0.15, 0.2) is 71.8 Å². The molecule has 0 amide bonds. The Morgan fingerprint density at radius 2 is 1.65 bits per heavy atom. The molecule has 7 heteroatoms. The second-order valence-corrected chi connectivity index (χ2v) is 10.0. The number of aromatic nitrogens is 1. The summed E-state index contributed by atoms with van der Waals surface area (Å²) in [5.74, 6) is -0.308. The van der Waals surface area contributed by atoms with Crippen LogP contribution in [0, 0.1) is 5.92 Å². The van der Waals surface area contributed by atoms with Crippen LogP contribution in [0.25, 0.3) is 11.3 Å². The first-order valence-corrected chi connectivity index (χ1v) is 12.3. The Kier molecular flexibility index (Phi) is 7.61. The average Bonchev–Trinajstić information content (AvgIpc) is 2.84. The average molecular weight is 486 g/mol. The van der Waals surface area contributed by atoms with Crippen LogP contribution < -0.4 is 0 Å². The zero-order valence-electron chi connectivity index (χ0n) is 18.6. The van der Waals surface area contributed by atoms with E-state index in [1.165, 1.54) is 44.2 Å². The van der Waals surface area contributed by atoms with Gasteiger partial charge in [0.05, 0.1) is 16.8 Å². The van der Waals surface area contributed by atoms with Crippen molar-refractivity contribution in [2.24, 2.45) is 5.92 Å². The Hall–Kier alpha value is -2.80. The molecule has 1 atom stereocenters. The van der Waals surface area contributed by atoms with E-state index in [1.54, 1.807) is 23.9 Å². The molecular weight excluding hydrogens is 459 g/mol. The van der Waals surface area contributed by atoms with Gasteiger partial charge in [-0.1, -0.05) is 50.3 Å². The topological polar surface area (TPSA) is 50.2 Å². The van der Waals surface area contributed by atoms with Crippen LogP contribution >= 0.6 is 11.8 Å². The highest BCUT2D eigenvalue weighted by Gasteiger charge is 2.30. The molecule has 0 saturated heterocycles. The van der Waals surface area contributed by atoms with Gasteiger partial charge in [-0.05, 0) is 60.4 Å². The molecule has 0 spiro atoms. The second kappa shape index (κ2) is 10.6. The summed E-state index contributed by atoms with van der Waals surface area (Å²) in [6.07, 6.45) is 4.68. The lowest BCUT2D eigenvalue weighted by Crippen LogP contribution is -2.10. The third-order valence-electron chi connectivity index (χ3n) is 6.32. The first kappa shape index (κ1) is 24.3. The fraction of sp³-hybridized carbons (Fsp3) is 0.333. The van der Waals surface area contributed by atoms with E-state index in [-0.39, 0.29) is 10.8 Å². The maximum absolute atomic E-state index is 12.8. The van der Waals surface area contributed by atoms with Crippen molar-refractivity contribution in [3.05, 3.63) is 83.6 Å². The summed E-state index contributed by atoms with van der Waals surface area (Å²) in [7, 11) is 0. The smallest absolute Gasteiger partial charge is 0.416 e. The van der Waals surface area contributed by atoms with E-state index < -0.39 is 17.7 Å². The number of aromatic carboxylic acids is 1. The standard InChI is InChI=1S/C27H26F3NO2S/c28-27(29,30)22-11-6-19(7-12-22)24-15-10-21(17-31-24)25(16-18-4-2-1-3-5-18)34-23-13-8-20(9-14-23)26(32)33/h6-15,17-18,25H,1-5,16H2,(H,32,33)/t25-/m1/s1.